The minimum Gasteiger partial charge on any atom is -0.481 e. The Balaban J connectivity index is 4.49. The number of carbonyl (C=O) groups excluding carboxylic acids is 2. The third-order valence-corrected chi connectivity index (χ3v) is 2.15. The molecule has 0 rings (SSSR count). The molecule has 5 N–H and O–H groups in total. The fraction of sp³-hybridized carbons (Fsp3) is 0.700. The van der Waals surface area contributed by atoms with Gasteiger partial charge in [0.15, 0.2) is 0 Å². The molecule has 0 fully saturated rings. The van der Waals surface area contributed by atoms with Crippen molar-refractivity contribution in [2.24, 2.45) is 11.5 Å². The van der Waals surface area contributed by atoms with Crippen molar-refractivity contribution < 1.29 is 19.5 Å². The summed E-state index contributed by atoms with van der Waals surface area (Å²) in [6.07, 6.45) is 1.09. The molecule has 0 saturated carbocycles. The number of carboxylic acids is 1. The van der Waals surface area contributed by atoms with Gasteiger partial charge in [-0.2, -0.15) is 0 Å². The lowest BCUT2D eigenvalue weighted by molar-refractivity contribution is -0.142. The van der Waals surface area contributed by atoms with Gasteiger partial charge in [0.1, 0.15) is 0 Å². The maximum absolute atomic E-state index is 11.7. The predicted octanol–water partition coefficient (Wildman–Crippen LogP) is -1.10. The number of nitrogens with zero attached hydrogens (tertiary/aromatic N) is 1. The monoisotopic (exact) mass is 245 g/mol. The van der Waals surface area contributed by atoms with E-state index in [1.165, 1.54) is 4.90 Å². The van der Waals surface area contributed by atoms with Gasteiger partial charge in [0.05, 0.1) is 19.0 Å². The predicted molar refractivity (Wildman–Crippen MR) is 60.9 cm³/mol. The van der Waals surface area contributed by atoms with Gasteiger partial charge in [0, 0.05) is 6.54 Å². The van der Waals surface area contributed by atoms with Crippen LogP contribution in [0.15, 0.2) is 0 Å². The van der Waals surface area contributed by atoms with Crippen LogP contribution in [0.25, 0.3) is 0 Å². The highest BCUT2D eigenvalue weighted by molar-refractivity contribution is 5.89. The van der Waals surface area contributed by atoms with E-state index in [9.17, 15) is 14.4 Å². The molecular formula is C10H19N3O4. The summed E-state index contributed by atoms with van der Waals surface area (Å²) in [4.78, 5) is 34.2. The number of unbranched alkanes of at least 4 members (excludes halogenated alkanes) is 1. The minimum absolute atomic E-state index is 0.230. The molecular weight excluding hydrogens is 226 g/mol. The number of nitrogens with two attached hydrogens (primary N) is 2. The first-order valence-corrected chi connectivity index (χ1v) is 5.43. The minimum atomic E-state index is -1.15. The van der Waals surface area contributed by atoms with E-state index in [2.05, 4.69) is 0 Å². The van der Waals surface area contributed by atoms with E-state index in [-0.39, 0.29) is 6.54 Å². The summed E-state index contributed by atoms with van der Waals surface area (Å²) in [5, 5.41) is 8.53. The second-order valence-corrected chi connectivity index (χ2v) is 3.78. The van der Waals surface area contributed by atoms with Crippen LogP contribution in [0.4, 0.5) is 0 Å². The number of carboxylic acid groups (broad SMARTS) is 1. The van der Waals surface area contributed by atoms with E-state index < -0.39 is 30.2 Å². The summed E-state index contributed by atoms with van der Waals surface area (Å²) in [5.74, 6) is -2.35. The van der Waals surface area contributed by atoms with Gasteiger partial charge in [-0.3, -0.25) is 14.4 Å². The molecule has 17 heavy (non-hydrogen) atoms. The summed E-state index contributed by atoms with van der Waals surface area (Å²) < 4.78 is 0. The Kier molecular flexibility index (Phi) is 6.88. The zero-order valence-corrected chi connectivity index (χ0v) is 9.89. The third-order valence-electron chi connectivity index (χ3n) is 2.15. The molecule has 0 aromatic carbocycles. The van der Waals surface area contributed by atoms with Gasteiger partial charge in [0.25, 0.3) is 0 Å². The number of rotatable bonds is 8. The lowest BCUT2D eigenvalue weighted by atomic mass is 10.2. The summed E-state index contributed by atoms with van der Waals surface area (Å²) in [6.45, 7) is 2.06. The quantitative estimate of drug-likeness (QED) is 0.500. The van der Waals surface area contributed by atoms with Crippen molar-refractivity contribution >= 4 is 17.8 Å². The second-order valence-electron chi connectivity index (χ2n) is 3.78. The Labute approximate surface area is 99.7 Å². The number of primary amides is 1. The first kappa shape index (κ1) is 15.4. The van der Waals surface area contributed by atoms with Crippen LogP contribution < -0.4 is 11.5 Å². The fourth-order valence-corrected chi connectivity index (χ4v) is 1.31. The van der Waals surface area contributed by atoms with E-state index in [0.717, 1.165) is 6.42 Å². The molecule has 98 valence electrons. The van der Waals surface area contributed by atoms with Crippen LogP contribution in [-0.2, 0) is 14.4 Å². The summed E-state index contributed by atoms with van der Waals surface area (Å²) in [7, 11) is 0. The highest BCUT2D eigenvalue weighted by Gasteiger charge is 2.23. The number of carbonyl (C=O) groups is 3. The molecule has 0 spiro atoms. The number of hydrogen-bond acceptors (Lipinski definition) is 4. The first-order chi connectivity index (χ1) is 7.88. The molecule has 1 atom stereocenters. The number of amides is 2. The van der Waals surface area contributed by atoms with Crippen molar-refractivity contribution in [3.63, 3.8) is 0 Å². The van der Waals surface area contributed by atoms with Crippen LogP contribution in [0.2, 0.25) is 0 Å². The van der Waals surface area contributed by atoms with Gasteiger partial charge in [-0.05, 0) is 6.42 Å². The Hall–Kier alpha value is -1.63. The topological polar surface area (TPSA) is 127 Å². The van der Waals surface area contributed by atoms with Crippen molar-refractivity contribution in [1.29, 1.82) is 0 Å². The van der Waals surface area contributed by atoms with E-state index >= 15 is 0 Å². The normalized spacial score (nSPS) is 11.9. The molecule has 7 heteroatoms. The van der Waals surface area contributed by atoms with Crippen LogP contribution in [0.1, 0.15) is 26.2 Å². The van der Waals surface area contributed by atoms with Crippen LogP contribution in [0.3, 0.4) is 0 Å². The second kappa shape index (κ2) is 7.61. The molecule has 0 saturated heterocycles. The SMILES string of the molecule is CCCCN(CC(N)=O)C(=O)C(N)CC(=O)O. The molecule has 0 aliphatic rings. The maximum Gasteiger partial charge on any atom is 0.305 e. The number of aliphatic carboxylic acids is 1. The summed E-state index contributed by atoms with van der Waals surface area (Å²) in [5.41, 5.74) is 10.5. The van der Waals surface area contributed by atoms with Gasteiger partial charge < -0.3 is 21.5 Å². The number of hydrogen-bond donors (Lipinski definition) is 3. The van der Waals surface area contributed by atoms with Crippen molar-refractivity contribution in [2.45, 2.75) is 32.2 Å². The van der Waals surface area contributed by atoms with E-state index in [1.54, 1.807) is 0 Å². The molecule has 2 amide bonds. The van der Waals surface area contributed by atoms with Gasteiger partial charge in [-0.15, -0.1) is 0 Å². The smallest absolute Gasteiger partial charge is 0.305 e. The molecule has 1 unspecified atom stereocenters. The Bertz CT molecular complexity index is 293. The Morgan fingerprint density at radius 1 is 1.35 bits per heavy atom. The lowest BCUT2D eigenvalue weighted by Crippen LogP contribution is -2.48. The molecule has 7 nitrogen and oxygen atoms in total. The van der Waals surface area contributed by atoms with Crippen LogP contribution in [0.5, 0.6) is 0 Å². The zero-order valence-electron chi connectivity index (χ0n) is 9.89. The Morgan fingerprint density at radius 2 is 1.94 bits per heavy atom. The Morgan fingerprint density at radius 3 is 2.35 bits per heavy atom. The molecule has 0 heterocycles. The third kappa shape index (κ3) is 6.52. The molecule has 0 bridgehead atoms. The average molecular weight is 245 g/mol. The molecule has 0 radical (unpaired) electrons. The van der Waals surface area contributed by atoms with E-state index in [4.69, 9.17) is 16.6 Å². The highest BCUT2D eigenvalue weighted by Crippen LogP contribution is 2.01. The summed E-state index contributed by atoms with van der Waals surface area (Å²) >= 11 is 0. The molecule has 0 aliphatic heterocycles. The summed E-state index contributed by atoms with van der Waals surface area (Å²) in [6, 6.07) is -1.14. The maximum atomic E-state index is 11.7. The van der Waals surface area contributed by atoms with Crippen LogP contribution >= 0.6 is 0 Å². The van der Waals surface area contributed by atoms with Crippen molar-refractivity contribution in [1.82, 2.24) is 4.90 Å². The molecule has 0 aromatic rings. The van der Waals surface area contributed by atoms with E-state index in [0.29, 0.717) is 13.0 Å². The van der Waals surface area contributed by atoms with Gasteiger partial charge in [-0.25, -0.2) is 0 Å². The molecule has 0 aliphatic carbocycles. The van der Waals surface area contributed by atoms with E-state index in [1.807, 2.05) is 6.92 Å². The first-order valence-electron chi connectivity index (χ1n) is 5.43. The largest absolute Gasteiger partial charge is 0.481 e. The lowest BCUT2D eigenvalue weighted by Gasteiger charge is -2.23. The van der Waals surface area contributed by atoms with Gasteiger partial charge in [0.2, 0.25) is 11.8 Å². The van der Waals surface area contributed by atoms with Crippen molar-refractivity contribution in [3.8, 4) is 0 Å². The van der Waals surface area contributed by atoms with Crippen LogP contribution in [-0.4, -0.2) is 46.9 Å². The highest BCUT2D eigenvalue weighted by atomic mass is 16.4. The average Bonchev–Trinajstić information content (AvgIpc) is 2.21. The van der Waals surface area contributed by atoms with Gasteiger partial charge >= 0.3 is 5.97 Å². The fourth-order valence-electron chi connectivity index (χ4n) is 1.31. The van der Waals surface area contributed by atoms with Crippen molar-refractivity contribution in [2.75, 3.05) is 13.1 Å². The van der Waals surface area contributed by atoms with Crippen LogP contribution in [0, 0.1) is 0 Å². The molecule has 0 aromatic heterocycles. The zero-order chi connectivity index (χ0) is 13.4. The standard InChI is InChI=1S/C10H19N3O4/c1-2-3-4-13(6-8(12)14)10(17)7(11)5-9(15)16/h7H,2-6,11H2,1H3,(H2,12,14)(H,15,16). The van der Waals surface area contributed by atoms with Gasteiger partial charge in [-0.1, -0.05) is 13.3 Å². The van der Waals surface area contributed by atoms with Crippen molar-refractivity contribution in [3.05, 3.63) is 0 Å².